The molecule has 9 heteroatoms. The standard InChI is InChI=1S/C20H22N4O4S/c1-14(2)24-29(26,27)17-10-8-16(9-11-17)21-18(25)12-13-19-22-20(23-28-19)15-6-4-3-5-7-15/h3-11,14,24H,12-13H2,1-2H3,(H,21,25). The molecule has 0 spiro atoms. The minimum atomic E-state index is -3.56. The Bertz CT molecular complexity index is 1060. The first-order valence-corrected chi connectivity index (χ1v) is 10.6. The molecule has 0 aliphatic rings. The number of nitrogens with one attached hydrogen (secondary N) is 2. The van der Waals surface area contributed by atoms with Crippen LogP contribution in [0, 0.1) is 0 Å². The lowest BCUT2D eigenvalue weighted by molar-refractivity contribution is -0.116. The highest BCUT2D eigenvalue weighted by molar-refractivity contribution is 7.89. The Morgan fingerprint density at radius 2 is 1.76 bits per heavy atom. The predicted molar refractivity (Wildman–Crippen MR) is 109 cm³/mol. The zero-order valence-electron chi connectivity index (χ0n) is 16.1. The molecule has 1 amide bonds. The van der Waals surface area contributed by atoms with E-state index in [4.69, 9.17) is 4.52 Å². The number of nitrogens with zero attached hydrogens (tertiary/aromatic N) is 2. The number of amides is 1. The fraction of sp³-hybridized carbons (Fsp3) is 0.250. The average molecular weight is 414 g/mol. The van der Waals surface area contributed by atoms with Crippen molar-refractivity contribution in [1.29, 1.82) is 0 Å². The van der Waals surface area contributed by atoms with E-state index in [0.717, 1.165) is 5.56 Å². The maximum Gasteiger partial charge on any atom is 0.240 e. The maximum absolute atomic E-state index is 12.2. The van der Waals surface area contributed by atoms with Gasteiger partial charge in [0.25, 0.3) is 0 Å². The lowest BCUT2D eigenvalue weighted by Crippen LogP contribution is -2.30. The van der Waals surface area contributed by atoms with Crippen molar-refractivity contribution in [2.24, 2.45) is 0 Å². The summed E-state index contributed by atoms with van der Waals surface area (Å²) in [4.78, 5) is 16.6. The SMILES string of the molecule is CC(C)NS(=O)(=O)c1ccc(NC(=O)CCc2nc(-c3ccccc3)no2)cc1. The molecule has 0 saturated carbocycles. The summed E-state index contributed by atoms with van der Waals surface area (Å²) in [6.45, 7) is 3.50. The number of hydrogen-bond acceptors (Lipinski definition) is 6. The molecule has 0 unspecified atom stereocenters. The van der Waals surface area contributed by atoms with Crippen LogP contribution in [-0.4, -0.2) is 30.5 Å². The average Bonchev–Trinajstić information content (AvgIpc) is 3.16. The van der Waals surface area contributed by atoms with E-state index in [1.807, 2.05) is 30.3 Å². The summed E-state index contributed by atoms with van der Waals surface area (Å²) in [5.41, 5.74) is 1.35. The summed E-state index contributed by atoms with van der Waals surface area (Å²) in [5.74, 6) is 0.619. The zero-order chi connectivity index (χ0) is 20.9. The molecule has 8 nitrogen and oxygen atoms in total. The second-order valence-corrected chi connectivity index (χ2v) is 8.44. The minimum Gasteiger partial charge on any atom is -0.339 e. The van der Waals surface area contributed by atoms with E-state index < -0.39 is 10.0 Å². The van der Waals surface area contributed by atoms with E-state index >= 15 is 0 Å². The topological polar surface area (TPSA) is 114 Å². The largest absolute Gasteiger partial charge is 0.339 e. The van der Waals surface area contributed by atoms with Crippen molar-refractivity contribution in [1.82, 2.24) is 14.9 Å². The molecule has 0 atom stereocenters. The van der Waals surface area contributed by atoms with Crippen LogP contribution in [0.15, 0.2) is 64.0 Å². The summed E-state index contributed by atoms with van der Waals surface area (Å²) in [5, 5.41) is 6.65. The van der Waals surface area contributed by atoms with Gasteiger partial charge in [-0.15, -0.1) is 0 Å². The predicted octanol–water partition coefficient (Wildman–Crippen LogP) is 2.99. The Kier molecular flexibility index (Phi) is 6.40. The van der Waals surface area contributed by atoms with Gasteiger partial charge >= 0.3 is 0 Å². The molecular weight excluding hydrogens is 392 g/mol. The monoisotopic (exact) mass is 414 g/mol. The number of anilines is 1. The van der Waals surface area contributed by atoms with Crippen molar-refractivity contribution in [3.05, 3.63) is 60.5 Å². The Balaban J connectivity index is 1.54. The molecule has 1 heterocycles. The molecule has 3 rings (SSSR count). The number of aromatic nitrogens is 2. The van der Waals surface area contributed by atoms with Gasteiger partial charge in [0, 0.05) is 30.1 Å². The molecule has 152 valence electrons. The van der Waals surface area contributed by atoms with Gasteiger partial charge in [0.05, 0.1) is 4.90 Å². The van der Waals surface area contributed by atoms with Crippen LogP contribution in [-0.2, 0) is 21.2 Å². The highest BCUT2D eigenvalue weighted by Crippen LogP contribution is 2.17. The van der Waals surface area contributed by atoms with E-state index in [1.165, 1.54) is 12.1 Å². The maximum atomic E-state index is 12.2. The van der Waals surface area contributed by atoms with Gasteiger partial charge in [-0.05, 0) is 38.1 Å². The molecule has 2 aromatic carbocycles. The zero-order valence-corrected chi connectivity index (χ0v) is 16.9. The first kappa shape index (κ1) is 20.7. The van der Waals surface area contributed by atoms with Gasteiger partial charge in [0.2, 0.25) is 27.6 Å². The number of benzene rings is 2. The van der Waals surface area contributed by atoms with E-state index in [1.54, 1.807) is 26.0 Å². The number of carbonyl (C=O) groups excluding carboxylic acids is 1. The number of hydrogen-bond donors (Lipinski definition) is 2. The third-order valence-electron chi connectivity index (χ3n) is 3.91. The summed E-state index contributed by atoms with van der Waals surface area (Å²) >= 11 is 0. The number of sulfonamides is 1. The fourth-order valence-electron chi connectivity index (χ4n) is 2.60. The molecule has 0 bridgehead atoms. The van der Waals surface area contributed by atoms with Gasteiger partial charge in [0.15, 0.2) is 0 Å². The van der Waals surface area contributed by atoms with E-state index in [9.17, 15) is 13.2 Å². The van der Waals surface area contributed by atoms with E-state index in [2.05, 4.69) is 20.2 Å². The number of carbonyl (C=O) groups is 1. The molecule has 0 aliphatic carbocycles. The number of rotatable bonds is 8. The second kappa shape index (κ2) is 8.97. The van der Waals surface area contributed by atoms with Crippen molar-refractivity contribution in [2.75, 3.05) is 5.32 Å². The van der Waals surface area contributed by atoms with Crippen LogP contribution >= 0.6 is 0 Å². The van der Waals surface area contributed by atoms with Gasteiger partial charge in [-0.2, -0.15) is 4.98 Å². The van der Waals surface area contributed by atoms with Gasteiger partial charge in [0.1, 0.15) is 0 Å². The van der Waals surface area contributed by atoms with E-state index in [-0.39, 0.29) is 23.3 Å². The molecule has 0 aliphatic heterocycles. The lowest BCUT2D eigenvalue weighted by Gasteiger charge is -2.10. The van der Waals surface area contributed by atoms with Gasteiger partial charge < -0.3 is 9.84 Å². The fourth-order valence-corrected chi connectivity index (χ4v) is 3.85. The van der Waals surface area contributed by atoms with Crippen molar-refractivity contribution in [3.63, 3.8) is 0 Å². The quantitative estimate of drug-likeness (QED) is 0.586. The third-order valence-corrected chi connectivity index (χ3v) is 5.58. The Morgan fingerprint density at radius 1 is 1.07 bits per heavy atom. The summed E-state index contributed by atoms with van der Waals surface area (Å²) in [7, 11) is -3.56. The summed E-state index contributed by atoms with van der Waals surface area (Å²) in [6, 6.07) is 15.2. The van der Waals surface area contributed by atoms with Crippen LogP contribution in [0.2, 0.25) is 0 Å². The molecular formula is C20H22N4O4S. The first-order valence-electron chi connectivity index (χ1n) is 9.14. The van der Waals surface area contributed by atoms with Crippen molar-refractivity contribution in [3.8, 4) is 11.4 Å². The summed E-state index contributed by atoms with van der Waals surface area (Å²) in [6.07, 6.45) is 0.460. The van der Waals surface area contributed by atoms with Crippen LogP contribution in [0.4, 0.5) is 5.69 Å². The van der Waals surface area contributed by atoms with Gasteiger partial charge in [-0.25, -0.2) is 13.1 Å². The Labute approximate surface area is 169 Å². The Hall–Kier alpha value is -3.04. The summed E-state index contributed by atoms with van der Waals surface area (Å²) < 4.78 is 31.9. The molecule has 29 heavy (non-hydrogen) atoms. The minimum absolute atomic E-state index is 0.142. The molecule has 0 saturated heterocycles. The van der Waals surface area contributed by atoms with Crippen molar-refractivity contribution in [2.45, 2.75) is 37.6 Å². The second-order valence-electron chi connectivity index (χ2n) is 6.73. The number of aryl methyl sites for hydroxylation is 1. The normalized spacial score (nSPS) is 11.6. The van der Waals surface area contributed by atoms with Crippen LogP contribution in [0.5, 0.6) is 0 Å². The van der Waals surface area contributed by atoms with Crippen molar-refractivity contribution < 1.29 is 17.7 Å². The van der Waals surface area contributed by atoms with Crippen LogP contribution in [0.3, 0.4) is 0 Å². The molecule has 0 fully saturated rings. The molecule has 3 aromatic rings. The van der Waals surface area contributed by atoms with Gasteiger partial charge in [-0.1, -0.05) is 35.5 Å². The molecule has 1 aromatic heterocycles. The lowest BCUT2D eigenvalue weighted by atomic mass is 10.2. The molecule has 2 N–H and O–H groups in total. The first-order chi connectivity index (χ1) is 13.8. The van der Waals surface area contributed by atoms with Crippen molar-refractivity contribution >= 4 is 21.6 Å². The van der Waals surface area contributed by atoms with Crippen LogP contribution in [0.1, 0.15) is 26.2 Å². The third kappa shape index (κ3) is 5.72. The smallest absolute Gasteiger partial charge is 0.240 e. The van der Waals surface area contributed by atoms with Gasteiger partial charge in [-0.3, -0.25) is 4.79 Å². The molecule has 0 radical (unpaired) electrons. The highest BCUT2D eigenvalue weighted by Gasteiger charge is 2.15. The van der Waals surface area contributed by atoms with E-state index in [0.29, 0.717) is 23.8 Å². The Morgan fingerprint density at radius 3 is 2.41 bits per heavy atom. The van der Waals surface area contributed by atoms with Crippen LogP contribution in [0.25, 0.3) is 11.4 Å². The van der Waals surface area contributed by atoms with Crippen LogP contribution < -0.4 is 10.0 Å². The highest BCUT2D eigenvalue weighted by atomic mass is 32.2.